The van der Waals surface area contributed by atoms with E-state index in [1.807, 2.05) is 0 Å². The second-order valence-corrected chi connectivity index (χ2v) is 9.35. The lowest BCUT2D eigenvalue weighted by Gasteiger charge is -2.10. The predicted molar refractivity (Wildman–Crippen MR) is 145 cm³/mol. The van der Waals surface area contributed by atoms with E-state index in [1.165, 1.54) is 36.4 Å². The molecule has 39 heavy (non-hydrogen) atoms. The number of nitrogens with one attached hydrogen (secondary N) is 1. The number of nitrogens with zero attached hydrogens (tertiary/aromatic N) is 2. The number of rotatable bonds is 10. The van der Waals surface area contributed by atoms with Crippen LogP contribution in [0.1, 0.15) is 15.9 Å². The second kappa shape index (κ2) is 12.2. The van der Waals surface area contributed by atoms with E-state index in [1.54, 1.807) is 24.3 Å². The second-order valence-electron chi connectivity index (χ2n) is 8.10. The number of carbonyl (C=O) groups excluding carboxylic acids is 1. The van der Waals surface area contributed by atoms with Gasteiger partial charge in [0.25, 0.3) is 11.6 Å². The standard InChI is InChI=1S/C26H18Cl3N3O7/c27-16-4-8-21(20(29)13-16)38-10-9-30-26(35)23-24(18-7-1-14(11-19(18)28)12-22(33)34)31-39-25(23)15-2-5-17(6-3-15)32(36)37/h1-8,11,13H,9-10,12H2,(H,30,35)(H,33,34). The number of ether oxygens (including phenoxy) is 1. The Hall–Kier alpha value is -4.12. The van der Waals surface area contributed by atoms with E-state index in [0.29, 0.717) is 32.5 Å². The number of nitro benzene ring substituents is 1. The highest BCUT2D eigenvalue weighted by atomic mass is 35.5. The monoisotopic (exact) mass is 589 g/mol. The summed E-state index contributed by atoms with van der Waals surface area (Å²) in [6, 6.07) is 14.7. The van der Waals surface area contributed by atoms with Gasteiger partial charge in [0.15, 0.2) is 5.76 Å². The van der Waals surface area contributed by atoms with E-state index in [0.717, 1.165) is 0 Å². The lowest BCUT2D eigenvalue weighted by Crippen LogP contribution is -2.28. The van der Waals surface area contributed by atoms with Crippen molar-refractivity contribution in [1.29, 1.82) is 0 Å². The van der Waals surface area contributed by atoms with E-state index in [9.17, 15) is 19.7 Å². The fraction of sp³-hybridized carbons (Fsp3) is 0.115. The summed E-state index contributed by atoms with van der Waals surface area (Å²) in [5.41, 5.74) is 1.15. The molecule has 4 aromatic rings. The van der Waals surface area contributed by atoms with Crippen molar-refractivity contribution < 1.29 is 28.9 Å². The Kier molecular flexibility index (Phi) is 8.70. The molecule has 0 saturated heterocycles. The number of amides is 1. The fourth-order valence-corrected chi connectivity index (χ4v) is 4.41. The minimum atomic E-state index is -1.03. The Balaban J connectivity index is 1.63. The number of hydrogen-bond acceptors (Lipinski definition) is 7. The van der Waals surface area contributed by atoms with Crippen LogP contribution in [0.4, 0.5) is 5.69 Å². The Morgan fingerprint density at radius 3 is 2.41 bits per heavy atom. The molecule has 1 amide bonds. The predicted octanol–water partition coefficient (Wildman–Crippen LogP) is 6.31. The van der Waals surface area contributed by atoms with Crippen molar-refractivity contribution in [1.82, 2.24) is 10.5 Å². The average Bonchev–Trinajstić information content (AvgIpc) is 3.32. The quantitative estimate of drug-likeness (QED) is 0.124. The molecule has 10 nitrogen and oxygen atoms in total. The molecule has 0 bridgehead atoms. The van der Waals surface area contributed by atoms with Crippen LogP contribution in [0.15, 0.2) is 65.2 Å². The van der Waals surface area contributed by atoms with E-state index in [-0.39, 0.29) is 47.3 Å². The molecule has 0 saturated carbocycles. The van der Waals surface area contributed by atoms with Crippen molar-refractivity contribution in [2.45, 2.75) is 6.42 Å². The smallest absolute Gasteiger partial charge is 0.307 e. The Bertz CT molecular complexity index is 1560. The number of non-ortho nitro benzene ring substituents is 1. The first-order valence-corrected chi connectivity index (χ1v) is 12.4. The Labute approximate surface area is 236 Å². The molecular weight excluding hydrogens is 573 g/mol. The maximum atomic E-state index is 13.4. The first-order valence-electron chi connectivity index (χ1n) is 11.2. The number of aromatic nitrogens is 1. The lowest BCUT2D eigenvalue weighted by atomic mass is 10.00. The summed E-state index contributed by atoms with van der Waals surface area (Å²) in [5, 5.41) is 27.8. The van der Waals surface area contributed by atoms with Crippen LogP contribution in [0.3, 0.4) is 0 Å². The summed E-state index contributed by atoms with van der Waals surface area (Å²) in [6.45, 7) is 0.151. The largest absolute Gasteiger partial charge is 0.490 e. The van der Waals surface area contributed by atoms with Gasteiger partial charge < -0.3 is 19.7 Å². The number of nitro groups is 1. The van der Waals surface area contributed by atoms with E-state index in [4.69, 9.17) is 49.2 Å². The highest BCUT2D eigenvalue weighted by molar-refractivity contribution is 6.35. The van der Waals surface area contributed by atoms with Crippen molar-refractivity contribution in [3.05, 3.63) is 97.0 Å². The summed E-state index contributed by atoms with van der Waals surface area (Å²) in [7, 11) is 0. The molecule has 1 heterocycles. The number of aliphatic carboxylic acids is 1. The molecule has 0 fully saturated rings. The van der Waals surface area contributed by atoms with Gasteiger partial charge in [-0.05, 0) is 42.0 Å². The Morgan fingerprint density at radius 2 is 1.77 bits per heavy atom. The van der Waals surface area contributed by atoms with E-state index >= 15 is 0 Å². The molecule has 0 spiro atoms. The molecular formula is C26H18Cl3N3O7. The zero-order valence-corrected chi connectivity index (χ0v) is 22.1. The highest BCUT2D eigenvalue weighted by Gasteiger charge is 2.27. The number of carboxylic acids is 1. The molecule has 1 aromatic heterocycles. The summed E-state index contributed by atoms with van der Waals surface area (Å²) < 4.78 is 11.1. The van der Waals surface area contributed by atoms with Crippen LogP contribution in [-0.2, 0) is 11.2 Å². The normalized spacial score (nSPS) is 10.7. The zero-order chi connectivity index (χ0) is 28.1. The molecule has 0 atom stereocenters. The number of halogens is 3. The molecule has 0 aliphatic rings. The van der Waals surface area contributed by atoms with Crippen molar-refractivity contribution in [2.24, 2.45) is 0 Å². The van der Waals surface area contributed by atoms with Crippen LogP contribution < -0.4 is 10.1 Å². The van der Waals surface area contributed by atoms with Gasteiger partial charge in [-0.25, -0.2) is 0 Å². The molecule has 0 aliphatic carbocycles. The van der Waals surface area contributed by atoms with Gasteiger partial charge in [-0.1, -0.05) is 52.1 Å². The van der Waals surface area contributed by atoms with Gasteiger partial charge in [-0.15, -0.1) is 0 Å². The van der Waals surface area contributed by atoms with E-state index in [2.05, 4.69) is 10.5 Å². The summed E-state index contributed by atoms with van der Waals surface area (Å²) >= 11 is 18.4. The van der Waals surface area contributed by atoms with Gasteiger partial charge in [-0.3, -0.25) is 19.7 Å². The Morgan fingerprint density at radius 1 is 1.03 bits per heavy atom. The zero-order valence-electron chi connectivity index (χ0n) is 19.8. The van der Waals surface area contributed by atoms with Gasteiger partial charge >= 0.3 is 5.97 Å². The fourth-order valence-electron chi connectivity index (χ4n) is 3.66. The maximum absolute atomic E-state index is 13.4. The maximum Gasteiger partial charge on any atom is 0.307 e. The number of benzene rings is 3. The first kappa shape index (κ1) is 27.9. The first-order chi connectivity index (χ1) is 18.6. The highest BCUT2D eigenvalue weighted by Crippen LogP contribution is 2.36. The molecule has 0 radical (unpaired) electrons. The van der Waals surface area contributed by atoms with Crippen LogP contribution >= 0.6 is 34.8 Å². The van der Waals surface area contributed by atoms with Gasteiger partial charge in [0.1, 0.15) is 23.6 Å². The summed E-state index contributed by atoms with van der Waals surface area (Å²) in [5.74, 6) is -1.15. The minimum absolute atomic E-state index is 0.0289. The number of carboxylic acid groups (broad SMARTS) is 1. The van der Waals surface area contributed by atoms with Crippen molar-refractivity contribution in [3.8, 4) is 28.3 Å². The lowest BCUT2D eigenvalue weighted by molar-refractivity contribution is -0.384. The van der Waals surface area contributed by atoms with Crippen LogP contribution in [0.5, 0.6) is 5.75 Å². The van der Waals surface area contributed by atoms with Gasteiger partial charge in [0.2, 0.25) is 0 Å². The topological polar surface area (TPSA) is 145 Å². The molecule has 3 aromatic carbocycles. The number of carbonyl (C=O) groups is 2. The number of hydrogen-bond donors (Lipinski definition) is 2. The molecule has 4 rings (SSSR count). The van der Waals surface area contributed by atoms with Gasteiger partial charge in [0, 0.05) is 28.3 Å². The summed E-state index contributed by atoms with van der Waals surface area (Å²) in [4.78, 5) is 35.0. The third-order valence-electron chi connectivity index (χ3n) is 5.44. The van der Waals surface area contributed by atoms with Crippen molar-refractivity contribution >= 4 is 52.4 Å². The van der Waals surface area contributed by atoms with Crippen LogP contribution in [0.25, 0.3) is 22.6 Å². The summed E-state index contributed by atoms with van der Waals surface area (Å²) in [6.07, 6.45) is -0.238. The van der Waals surface area contributed by atoms with E-state index < -0.39 is 16.8 Å². The molecule has 13 heteroatoms. The third-order valence-corrected chi connectivity index (χ3v) is 6.29. The molecule has 2 N–H and O–H groups in total. The van der Waals surface area contributed by atoms with Crippen molar-refractivity contribution in [3.63, 3.8) is 0 Å². The van der Waals surface area contributed by atoms with Crippen LogP contribution in [0.2, 0.25) is 15.1 Å². The molecule has 0 aliphatic heterocycles. The molecule has 200 valence electrons. The minimum Gasteiger partial charge on any atom is -0.490 e. The van der Waals surface area contributed by atoms with Gasteiger partial charge in [-0.2, -0.15) is 0 Å². The SMILES string of the molecule is O=C(O)Cc1ccc(-c2noc(-c3ccc([N+](=O)[O-])cc3)c2C(=O)NCCOc2ccc(Cl)cc2Cl)c(Cl)c1. The molecule has 0 unspecified atom stereocenters. The van der Waals surface area contributed by atoms with Crippen LogP contribution in [0, 0.1) is 10.1 Å². The van der Waals surface area contributed by atoms with Crippen molar-refractivity contribution in [2.75, 3.05) is 13.2 Å². The average molecular weight is 591 g/mol. The third kappa shape index (κ3) is 6.66. The van der Waals surface area contributed by atoms with Gasteiger partial charge in [0.05, 0.1) is 27.9 Å². The van der Waals surface area contributed by atoms with Crippen LogP contribution in [-0.4, -0.2) is 40.2 Å².